The zero-order valence-electron chi connectivity index (χ0n) is 25.7. The van der Waals surface area contributed by atoms with E-state index in [4.69, 9.17) is 0 Å². The normalized spacial score (nSPS) is 20.4. The number of hydrogen-bond acceptors (Lipinski definition) is 8. The van der Waals surface area contributed by atoms with Crippen molar-refractivity contribution >= 4 is 40.5 Å². The summed E-state index contributed by atoms with van der Waals surface area (Å²) in [6.45, 7) is -0.865. The van der Waals surface area contributed by atoms with E-state index in [1.54, 1.807) is 48.7 Å². The molecule has 47 heavy (non-hydrogen) atoms. The number of nitrogens with zero attached hydrogens (tertiary/aromatic N) is 2. The molecule has 0 unspecified atom stereocenters. The van der Waals surface area contributed by atoms with Crippen molar-refractivity contribution in [3.8, 4) is 5.75 Å². The first-order valence-electron chi connectivity index (χ1n) is 15.7. The average molecular weight is 632 g/mol. The second-order valence-electron chi connectivity index (χ2n) is 11.9. The molecule has 9 heteroatoms. The summed E-state index contributed by atoms with van der Waals surface area (Å²) in [5.41, 5.74) is 5.30. The van der Waals surface area contributed by atoms with Gasteiger partial charge in [-0.25, -0.2) is 0 Å². The third-order valence-corrected chi connectivity index (χ3v) is 9.01. The van der Waals surface area contributed by atoms with Crippen LogP contribution in [0.5, 0.6) is 5.75 Å². The van der Waals surface area contributed by atoms with Gasteiger partial charge in [-0.15, -0.1) is 0 Å². The number of anilines is 3. The molecular weight excluding hydrogens is 594 g/mol. The number of hydrogen-bond donors (Lipinski definition) is 5. The molecule has 9 nitrogen and oxygen atoms in total. The molecule has 1 aliphatic carbocycles. The number of fused-ring (bicyclic) bond motifs is 1. The molecule has 3 aromatic carbocycles. The number of nitrogens with one attached hydrogen (secondary N) is 1. The van der Waals surface area contributed by atoms with Crippen LogP contribution in [0, 0.1) is 17.8 Å². The fourth-order valence-electron chi connectivity index (χ4n) is 6.83. The molecule has 0 bridgehead atoms. The second kappa shape index (κ2) is 14.1. The van der Waals surface area contributed by atoms with E-state index >= 15 is 0 Å². The predicted molar refractivity (Wildman–Crippen MR) is 180 cm³/mol. The van der Waals surface area contributed by atoms with Crippen molar-refractivity contribution < 1.29 is 30.0 Å². The quantitative estimate of drug-likeness (QED) is 0.111. The number of carbonyl (C=O) groups is 2. The van der Waals surface area contributed by atoms with Gasteiger partial charge in [-0.1, -0.05) is 36.4 Å². The lowest BCUT2D eigenvalue weighted by molar-refractivity contribution is -0.123. The van der Waals surface area contributed by atoms with Crippen LogP contribution in [0.2, 0.25) is 0 Å². The van der Waals surface area contributed by atoms with Gasteiger partial charge in [0, 0.05) is 23.5 Å². The first-order chi connectivity index (χ1) is 22.9. The molecule has 1 fully saturated rings. The number of allylic oxidation sites excluding steroid dienone is 1. The van der Waals surface area contributed by atoms with Crippen molar-refractivity contribution in [2.75, 3.05) is 23.4 Å². The maximum atomic E-state index is 13.9. The number of amides is 2. The number of aromatic nitrogens is 1. The summed E-state index contributed by atoms with van der Waals surface area (Å²) in [4.78, 5) is 33.3. The third kappa shape index (κ3) is 6.73. The Kier molecular flexibility index (Phi) is 9.58. The summed E-state index contributed by atoms with van der Waals surface area (Å²) in [6, 6.07) is 29.0. The van der Waals surface area contributed by atoms with E-state index in [0.29, 0.717) is 28.9 Å². The highest BCUT2D eigenvalue weighted by Crippen LogP contribution is 2.47. The van der Waals surface area contributed by atoms with E-state index < -0.39 is 43.0 Å². The van der Waals surface area contributed by atoms with Crippen molar-refractivity contribution in [1.82, 2.24) is 4.98 Å². The molecule has 6 rings (SSSR count). The number of imide groups is 1. The van der Waals surface area contributed by atoms with Gasteiger partial charge in [0.25, 0.3) is 0 Å². The largest absolute Gasteiger partial charge is 0.508 e. The van der Waals surface area contributed by atoms with Crippen molar-refractivity contribution in [3.63, 3.8) is 0 Å². The summed E-state index contributed by atoms with van der Waals surface area (Å²) in [5, 5.41) is 45.9. The summed E-state index contributed by atoms with van der Waals surface area (Å²) < 4.78 is 0. The highest BCUT2D eigenvalue weighted by Gasteiger charge is 2.55. The first kappa shape index (κ1) is 31.9. The van der Waals surface area contributed by atoms with Crippen LogP contribution in [0.4, 0.5) is 17.1 Å². The van der Waals surface area contributed by atoms with Gasteiger partial charge < -0.3 is 25.7 Å². The molecule has 0 saturated carbocycles. The molecule has 0 spiro atoms. The number of phenols is 1. The summed E-state index contributed by atoms with van der Waals surface area (Å²) in [5.74, 6) is -3.14. The molecule has 2 aliphatic rings. The second-order valence-corrected chi connectivity index (χ2v) is 11.9. The van der Waals surface area contributed by atoms with Crippen LogP contribution in [-0.2, 0) is 9.59 Å². The SMILES string of the molecule is O=C1[C@@H]2[C@@H](CC(CO)=C([C@H](O)CC/C(=C/c3cccc(O)c3)c3ccccn3)[C@@H]2CO)C(=O)N1c1ccc(Nc2ccccc2)cc1. The Balaban J connectivity index is 1.23. The molecular formula is C38H37N3O6. The number of aromatic hydroxyl groups is 1. The molecule has 1 aromatic heterocycles. The number of aliphatic hydroxyl groups excluding tert-OH is 3. The first-order valence-corrected chi connectivity index (χ1v) is 15.7. The van der Waals surface area contributed by atoms with Crippen LogP contribution >= 0.6 is 0 Å². The minimum absolute atomic E-state index is 0.116. The van der Waals surface area contributed by atoms with Gasteiger partial charge in [0.05, 0.1) is 42.5 Å². The van der Waals surface area contributed by atoms with Crippen LogP contribution in [0.25, 0.3) is 11.6 Å². The van der Waals surface area contributed by atoms with E-state index in [2.05, 4.69) is 10.3 Å². The molecule has 2 heterocycles. The zero-order valence-corrected chi connectivity index (χ0v) is 25.7. The minimum Gasteiger partial charge on any atom is -0.508 e. The fraction of sp³-hybridized carbons (Fsp3) is 0.237. The van der Waals surface area contributed by atoms with Gasteiger partial charge in [0.2, 0.25) is 11.8 Å². The number of para-hydroxylation sites is 1. The van der Waals surface area contributed by atoms with Crippen LogP contribution in [-0.4, -0.2) is 56.5 Å². The summed E-state index contributed by atoms with van der Waals surface area (Å²) in [7, 11) is 0. The fourth-order valence-corrected chi connectivity index (χ4v) is 6.83. The molecule has 0 radical (unpaired) electrons. The number of aliphatic hydroxyl groups is 3. The molecule has 5 N–H and O–H groups in total. The highest BCUT2D eigenvalue weighted by molar-refractivity contribution is 6.22. The number of pyridine rings is 1. The molecule has 4 atom stereocenters. The lowest BCUT2D eigenvalue weighted by Gasteiger charge is -2.36. The number of rotatable bonds is 11. The van der Waals surface area contributed by atoms with Crippen LogP contribution in [0.1, 0.15) is 30.5 Å². The van der Waals surface area contributed by atoms with Crippen LogP contribution < -0.4 is 10.2 Å². The lowest BCUT2D eigenvalue weighted by Crippen LogP contribution is -2.39. The Morgan fingerprint density at radius 3 is 2.34 bits per heavy atom. The molecule has 4 aromatic rings. The highest BCUT2D eigenvalue weighted by atomic mass is 16.3. The third-order valence-electron chi connectivity index (χ3n) is 9.01. The Morgan fingerprint density at radius 2 is 1.66 bits per heavy atom. The topological polar surface area (TPSA) is 143 Å². The Labute approximate surface area is 273 Å². The van der Waals surface area contributed by atoms with Crippen LogP contribution in [0.15, 0.2) is 114 Å². The Hall–Kier alpha value is -5.09. The van der Waals surface area contributed by atoms with Gasteiger partial charge >= 0.3 is 0 Å². The van der Waals surface area contributed by atoms with E-state index in [1.807, 2.05) is 60.7 Å². The molecule has 1 aliphatic heterocycles. The van der Waals surface area contributed by atoms with E-state index in [1.165, 1.54) is 4.90 Å². The van der Waals surface area contributed by atoms with Gasteiger partial charge in [-0.2, -0.15) is 0 Å². The predicted octanol–water partition coefficient (Wildman–Crippen LogP) is 5.32. The van der Waals surface area contributed by atoms with Crippen molar-refractivity contribution in [3.05, 3.63) is 126 Å². The standard InChI is InChI=1S/C38H37N3O6/c42-22-26-21-31-36(38(47)41(37(31)46)29-15-13-28(14-16-29)40-27-8-2-1-3-9-27)32(23-43)35(26)34(45)17-12-25(33-11-4-5-18-39-33)19-24-7-6-10-30(44)20-24/h1-11,13-16,18-20,31-32,34,36,40,42-45H,12,17,21-23H2/b25-19-/t31-,32+,34-,36-/m1/s1. The van der Waals surface area contributed by atoms with Gasteiger partial charge in [-0.05, 0) is 108 Å². The molecule has 2 amide bonds. The van der Waals surface area contributed by atoms with Crippen LogP contribution in [0.3, 0.4) is 0 Å². The average Bonchev–Trinajstić information content (AvgIpc) is 3.35. The number of benzene rings is 3. The molecule has 240 valence electrons. The monoisotopic (exact) mass is 631 g/mol. The maximum Gasteiger partial charge on any atom is 0.238 e. The van der Waals surface area contributed by atoms with E-state index in [-0.39, 0.29) is 24.5 Å². The smallest absolute Gasteiger partial charge is 0.238 e. The van der Waals surface area contributed by atoms with E-state index in [0.717, 1.165) is 22.5 Å². The number of phenolic OH excluding ortho intramolecular Hbond substituents is 1. The van der Waals surface area contributed by atoms with E-state index in [9.17, 15) is 30.0 Å². The Morgan fingerprint density at radius 1 is 0.915 bits per heavy atom. The van der Waals surface area contributed by atoms with Gasteiger partial charge in [0.15, 0.2) is 0 Å². The number of carbonyl (C=O) groups excluding carboxylic acids is 2. The lowest BCUT2D eigenvalue weighted by atomic mass is 9.68. The zero-order chi connectivity index (χ0) is 32.9. The summed E-state index contributed by atoms with van der Waals surface area (Å²) in [6.07, 6.45) is 3.20. The van der Waals surface area contributed by atoms with Gasteiger partial charge in [0.1, 0.15) is 5.75 Å². The minimum atomic E-state index is -1.09. The van der Waals surface area contributed by atoms with Gasteiger partial charge in [-0.3, -0.25) is 19.5 Å². The van der Waals surface area contributed by atoms with Crippen molar-refractivity contribution in [2.45, 2.75) is 25.4 Å². The van der Waals surface area contributed by atoms with Crippen molar-refractivity contribution in [1.29, 1.82) is 0 Å². The van der Waals surface area contributed by atoms with Crippen molar-refractivity contribution in [2.24, 2.45) is 17.8 Å². The molecule has 1 saturated heterocycles. The Bertz CT molecular complexity index is 1790. The summed E-state index contributed by atoms with van der Waals surface area (Å²) >= 11 is 0. The maximum absolute atomic E-state index is 13.9.